The first-order valence-electron chi connectivity index (χ1n) is 11.1. The zero-order valence-electron chi connectivity index (χ0n) is 16.2. The molecule has 0 amide bonds. The Labute approximate surface area is 161 Å². The highest BCUT2D eigenvalue weighted by atomic mass is 16.4. The van der Waals surface area contributed by atoms with Crippen molar-refractivity contribution in [3.63, 3.8) is 0 Å². The Morgan fingerprint density at radius 1 is 0.667 bits per heavy atom. The van der Waals surface area contributed by atoms with Crippen LogP contribution in [0.15, 0.2) is 0 Å². The summed E-state index contributed by atoms with van der Waals surface area (Å²) < 4.78 is 0. The highest BCUT2D eigenvalue weighted by Crippen LogP contribution is 2.65. The predicted octanol–water partition coefficient (Wildman–Crippen LogP) is 4.08. The molecule has 4 saturated carbocycles. The number of rotatable bonds is 3. The fraction of sp³-hybridized carbons (Fsp3) is 0.909. The van der Waals surface area contributed by atoms with Crippen molar-refractivity contribution in [1.82, 2.24) is 0 Å². The van der Waals surface area contributed by atoms with Crippen LogP contribution in [0.2, 0.25) is 0 Å². The number of carbonyl (C=O) groups is 2. The second kappa shape index (κ2) is 7.06. The van der Waals surface area contributed by atoms with E-state index in [-0.39, 0.29) is 11.8 Å². The molecule has 5 heteroatoms. The van der Waals surface area contributed by atoms with Crippen molar-refractivity contribution in [3.05, 3.63) is 0 Å². The number of aliphatic hydroxyl groups excluding tert-OH is 1. The molecule has 0 radical (unpaired) electrons. The minimum Gasteiger partial charge on any atom is -0.481 e. The summed E-state index contributed by atoms with van der Waals surface area (Å²) in [5.74, 6) is -1.52. The quantitative estimate of drug-likeness (QED) is 0.688. The minimum absolute atomic E-state index is 0.0520. The molecule has 4 aliphatic rings. The standard InChI is InChI=1S/C22H34O5/c23-18-16-9-3-1-6-14(16)11-13-22(18,20(26)27)21(19(24)25)12-5-8-15-7-2-4-10-17(15)21/h14-18,23H,1-13H2,(H,24,25)(H,26,27). The highest BCUT2D eigenvalue weighted by molar-refractivity contribution is 5.88. The zero-order valence-corrected chi connectivity index (χ0v) is 16.2. The third-order valence-electron chi connectivity index (χ3n) is 9.04. The maximum absolute atomic E-state index is 12.9. The van der Waals surface area contributed by atoms with Gasteiger partial charge in [-0.15, -0.1) is 0 Å². The molecule has 0 aliphatic heterocycles. The van der Waals surface area contributed by atoms with Crippen LogP contribution in [0.1, 0.15) is 83.5 Å². The van der Waals surface area contributed by atoms with Gasteiger partial charge in [0.2, 0.25) is 0 Å². The van der Waals surface area contributed by atoms with Crippen LogP contribution >= 0.6 is 0 Å². The van der Waals surface area contributed by atoms with Crippen molar-refractivity contribution in [2.45, 2.75) is 89.6 Å². The smallest absolute Gasteiger partial charge is 0.313 e. The lowest BCUT2D eigenvalue weighted by Gasteiger charge is -2.60. The molecule has 0 heterocycles. The van der Waals surface area contributed by atoms with Crippen molar-refractivity contribution in [2.75, 3.05) is 0 Å². The number of carboxylic acids is 2. The number of hydrogen-bond acceptors (Lipinski definition) is 3. The maximum Gasteiger partial charge on any atom is 0.313 e. The number of hydrogen-bond donors (Lipinski definition) is 3. The molecule has 0 aromatic rings. The monoisotopic (exact) mass is 378 g/mol. The molecule has 0 bridgehead atoms. The van der Waals surface area contributed by atoms with E-state index in [1.165, 1.54) is 0 Å². The van der Waals surface area contributed by atoms with E-state index in [9.17, 15) is 24.9 Å². The number of aliphatic hydroxyl groups is 1. The van der Waals surface area contributed by atoms with Crippen LogP contribution in [0.5, 0.6) is 0 Å². The minimum atomic E-state index is -1.53. The van der Waals surface area contributed by atoms with E-state index in [4.69, 9.17) is 0 Å². The van der Waals surface area contributed by atoms with Gasteiger partial charge in [0, 0.05) is 0 Å². The Balaban J connectivity index is 1.83. The third kappa shape index (κ3) is 2.60. The first kappa shape index (κ1) is 19.2. The van der Waals surface area contributed by atoms with Crippen LogP contribution in [0.3, 0.4) is 0 Å². The lowest BCUT2D eigenvalue weighted by Crippen LogP contribution is -2.67. The van der Waals surface area contributed by atoms with Gasteiger partial charge in [0.25, 0.3) is 0 Å². The van der Waals surface area contributed by atoms with Crippen LogP contribution in [0, 0.1) is 34.5 Å². The molecule has 4 rings (SSSR count). The van der Waals surface area contributed by atoms with Gasteiger partial charge in [-0.25, -0.2) is 0 Å². The first-order valence-corrected chi connectivity index (χ1v) is 11.1. The second-order valence-electron chi connectivity index (χ2n) is 9.79. The average molecular weight is 379 g/mol. The van der Waals surface area contributed by atoms with Crippen LogP contribution < -0.4 is 0 Å². The van der Waals surface area contributed by atoms with Crippen LogP contribution in [-0.2, 0) is 9.59 Å². The molecule has 0 saturated heterocycles. The average Bonchev–Trinajstić information content (AvgIpc) is 2.68. The molecule has 3 N–H and O–H groups in total. The summed E-state index contributed by atoms with van der Waals surface area (Å²) in [6.45, 7) is 0. The largest absolute Gasteiger partial charge is 0.481 e. The van der Waals surface area contributed by atoms with Gasteiger partial charge in [0.05, 0.1) is 11.5 Å². The SMILES string of the molecule is O=C(O)C1(C2(C(=O)O)CCCC3CCCCC32)CCC2CCCCC2C1O. The van der Waals surface area contributed by atoms with Crippen molar-refractivity contribution in [2.24, 2.45) is 34.5 Å². The summed E-state index contributed by atoms with van der Waals surface area (Å²) in [6, 6.07) is 0. The molecule has 7 unspecified atom stereocenters. The van der Waals surface area contributed by atoms with Crippen molar-refractivity contribution in [3.8, 4) is 0 Å². The second-order valence-corrected chi connectivity index (χ2v) is 9.79. The van der Waals surface area contributed by atoms with Crippen molar-refractivity contribution in [1.29, 1.82) is 0 Å². The molecule has 7 atom stereocenters. The number of aliphatic carboxylic acids is 2. The van der Waals surface area contributed by atoms with Crippen LogP contribution in [0.25, 0.3) is 0 Å². The predicted molar refractivity (Wildman–Crippen MR) is 100 cm³/mol. The zero-order chi connectivity index (χ0) is 19.2. The van der Waals surface area contributed by atoms with Gasteiger partial charge >= 0.3 is 11.9 Å². The molecule has 152 valence electrons. The summed E-state index contributed by atoms with van der Waals surface area (Å²) in [4.78, 5) is 25.7. The molecule has 0 aromatic carbocycles. The molecular weight excluding hydrogens is 344 g/mol. The normalized spacial score (nSPS) is 47.5. The first-order chi connectivity index (χ1) is 12.9. The van der Waals surface area contributed by atoms with Gasteiger partial charge in [-0.05, 0) is 55.8 Å². The van der Waals surface area contributed by atoms with E-state index >= 15 is 0 Å². The van der Waals surface area contributed by atoms with E-state index in [0.717, 1.165) is 70.6 Å². The fourth-order valence-electron chi connectivity index (χ4n) is 7.89. The molecule has 27 heavy (non-hydrogen) atoms. The number of carboxylic acid groups (broad SMARTS) is 2. The van der Waals surface area contributed by atoms with E-state index in [1.807, 2.05) is 0 Å². The molecular formula is C22H34O5. The van der Waals surface area contributed by atoms with Gasteiger partial charge in [0.15, 0.2) is 0 Å². The molecule has 4 fully saturated rings. The van der Waals surface area contributed by atoms with Crippen LogP contribution in [-0.4, -0.2) is 33.4 Å². The van der Waals surface area contributed by atoms with E-state index < -0.39 is 28.9 Å². The third-order valence-corrected chi connectivity index (χ3v) is 9.04. The Bertz CT molecular complexity index is 602. The maximum atomic E-state index is 12.9. The van der Waals surface area contributed by atoms with E-state index in [0.29, 0.717) is 24.7 Å². The Morgan fingerprint density at radius 2 is 1.26 bits per heavy atom. The van der Waals surface area contributed by atoms with Gasteiger partial charge in [-0.1, -0.05) is 51.4 Å². The Morgan fingerprint density at radius 3 is 1.96 bits per heavy atom. The Kier molecular flexibility index (Phi) is 5.02. The van der Waals surface area contributed by atoms with Crippen molar-refractivity contribution < 1.29 is 24.9 Å². The van der Waals surface area contributed by atoms with E-state index in [1.54, 1.807) is 0 Å². The molecule has 0 spiro atoms. The summed E-state index contributed by atoms with van der Waals surface area (Å²) >= 11 is 0. The molecule has 0 aromatic heterocycles. The lowest BCUT2D eigenvalue weighted by atomic mass is 9.42. The lowest BCUT2D eigenvalue weighted by molar-refractivity contribution is -0.224. The van der Waals surface area contributed by atoms with Crippen LogP contribution in [0.4, 0.5) is 0 Å². The summed E-state index contributed by atoms with van der Waals surface area (Å²) in [5, 5.41) is 32.5. The van der Waals surface area contributed by atoms with E-state index in [2.05, 4.69) is 0 Å². The Hall–Kier alpha value is -1.10. The van der Waals surface area contributed by atoms with Crippen molar-refractivity contribution >= 4 is 11.9 Å². The molecule has 5 nitrogen and oxygen atoms in total. The number of fused-ring (bicyclic) bond motifs is 2. The summed E-state index contributed by atoms with van der Waals surface area (Å²) in [7, 11) is 0. The summed E-state index contributed by atoms with van der Waals surface area (Å²) in [5.41, 5.74) is -2.85. The van der Waals surface area contributed by atoms with Gasteiger partial charge in [-0.2, -0.15) is 0 Å². The molecule has 4 aliphatic carbocycles. The van der Waals surface area contributed by atoms with Gasteiger partial charge in [-0.3, -0.25) is 9.59 Å². The summed E-state index contributed by atoms with van der Waals surface area (Å²) in [6.07, 6.45) is 10.2. The fourth-order valence-corrected chi connectivity index (χ4v) is 7.89. The van der Waals surface area contributed by atoms with Gasteiger partial charge < -0.3 is 15.3 Å². The van der Waals surface area contributed by atoms with Gasteiger partial charge in [0.1, 0.15) is 5.41 Å². The highest BCUT2D eigenvalue weighted by Gasteiger charge is 2.71. The topological polar surface area (TPSA) is 94.8 Å².